The molecule has 2 heteroatoms. The Labute approximate surface area is 202 Å². The average molecular weight is 451 g/mol. The van der Waals surface area contributed by atoms with E-state index in [-0.39, 0.29) is 0 Å². The van der Waals surface area contributed by atoms with Crippen LogP contribution in [0.1, 0.15) is 174 Å². The average Bonchev–Trinajstić information content (AvgIpc) is 2.78. The third-order valence-electron chi connectivity index (χ3n) is 6.65. The van der Waals surface area contributed by atoms with Crippen molar-refractivity contribution in [3.05, 3.63) is 12.2 Å². The molecule has 0 amide bonds. The Morgan fingerprint density at radius 2 is 0.750 bits per heavy atom. The Hall–Kier alpha value is -0.790. The van der Waals surface area contributed by atoms with E-state index >= 15 is 0 Å². The summed E-state index contributed by atoms with van der Waals surface area (Å²) in [5, 5.41) is 8.60. The van der Waals surface area contributed by atoms with Crippen LogP contribution in [0.5, 0.6) is 0 Å². The van der Waals surface area contributed by atoms with E-state index in [0.29, 0.717) is 6.42 Å². The van der Waals surface area contributed by atoms with Crippen molar-refractivity contribution in [1.82, 2.24) is 0 Å². The van der Waals surface area contributed by atoms with Crippen LogP contribution in [0.3, 0.4) is 0 Å². The predicted molar refractivity (Wildman–Crippen MR) is 142 cm³/mol. The Morgan fingerprint density at radius 1 is 0.469 bits per heavy atom. The molecule has 2 nitrogen and oxygen atoms in total. The second-order valence-corrected chi connectivity index (χ2v) is 9.97. The Bertz CT molecular complexity index is 388. The number of carboxylic acid groups (broad SMARTS) is 1. The van der Waals surface area contributed by atoms with Gasteiger partial charge in [-0.25, -0.2) is 0 Å². The van der Waals surface area contributed by atoms with Gasteiger partial charge in [-0.3, -0.25) is 4.79 Å². The van der Waals surface area contributed by atoms with E-state index in [0.717, 1.165) is 12.8 Å². The molecule has 0 aliphatic heterocycles. The van der Waals surface area contributed by atoms with Crippen LogP contribution in [0.2, 0.25) is 0 Å². The highest BCUT2D eigenvalue weighted by Crippen LogP contribution is 2.14. The van der Waals surface area contributed by atoms with Gasteiger partial charge in [-0.1, -0.05) is 147 Å². The van der Waals surface area contributed by atoms with E-state index in [1.54, 1.807) is 0 Å². The van der Waals surface area contributed by atoms with Gasteiger partial charge in [-0.05, 0) is 32.1 Å². The van der Waals surface area contributed by atoms with E-state index < -0.39 is 5.97 Å². The van der Waals surface area contributed by atoms with Crippen molar-refractivity contribution >= 4 is 5.97 Å². The molecule has 0 fully saturated rings. The SMILES string of the molecule is CCCCCCCCCC=CCCCCCCCCCCCCCCCCCCC(=O)O. The highest BCUT2D eigenvalue weighted by atomic mass is 16.4. The quantitative estimate of drug-likeness (QED) is 0.0997. The molecular weight excluding hydrogens is 392 g/mol. The molecule has 0 aromatic rings. The number of carboxylic acids is 1. The lowest BCUT2D eigenvalue weighted by Crippen LogP contribution is -1.93. The number of aliphatic carboxylic acids is 1. The number of hydrogen-bond donors (Lipinski definition) is 1. The lowest BCUT2D eigenvalue weighted by Gasteiger charge is -2.03. The monoisotopic (exact) mass is 450 g/mol. The summed E-state index contributed by atoms with van der Waals surface area (Å²) in [7, 11) is 0. The minimum absolute atomic E-state index is 0.344. The van der Waals surface area contributed by atoms with Crippen LogP contribution in [-0.4, -0.2) is 11.1 Å². The minimum Gasteiger partial charge on any atom is -0.481 e. The van der Waals surface area contributed by atoms with E-state index in [4.69, 9.17) is 5.11 Å². The molecule has 0 unspecified atom stereocenters. The molecule has 32 heavy (non-hydrogen) atoms. The van der Waals surface area contributed by atoms with Crippen LogP contribution in [0.15, 0.2) is 12.2 Å². The molecule has 0 aromatic heterocycles. The van der Waals surface area contributed by atoms with E-state index in [1.165, 1.54) is 148 Å². The Morgan fingerprint density at radius 3 is 1.06 bits per heavy atom. The summed E-state index contributed by atoms with van der Waals surface area (Å²) in [6, 6.07) is 0. The third-order valence-corrected chi connectivity index (χ3v) is 6.65. The molecule has 0 aromatic carbocycles. The molecule has 0 spiro atoms. The number of unbranched alkanes of at least 4 members (excludes halogenated alkanes) is 23. The molecule has 0 saturated heterocycles. The van der Waals surface area contributed by atoms with Gasteiger partial charge in [0.15, 0.2) is 0 Å². The van der Waals surface area contributed by atoms with Crippen LogP contribution in [-0.2, 0) is 4.79 Å². The molecule has 0 rings (SSSR count). The summed E-state index contributed by atoms with van der Waals surface area (Å²) >= 11 is 0. The molecule has 1 N–H and O–H groups in total. The number of allylic oxidation sites excluding steroid dienone is 2. The zero-order valence-corrected chi connectivity index (χ0v) is 21.9. The van der Waals surface area contributed by atoms with Crippen molar-refractivity contribution in [1.29, 1.82) is 0 Å². The third kappa shape index (κ3) is 29.2. The van der Waals surface area contributed by atoms with E-state index in [1.807, 2.05) is 0 Å². The summed E-state index contributed by atoms with van der Waals surface area (Å²) in [6.45, 7) is 2.29. The van der Waals surface area contributed by atoms with Crippen LogP contribution in [0, 0.1) is 0 Å². The Kier molecular flexibility index (Phi) is 27.5. The molecule has 0 aliphatic rings. The van der Waals surface area contributed by atoms with Crippen molar-refractivity contribution in [3.63, 3.8) is 0 Å². The van der Waals surface area contributed by atoms with Gasteiger partial charge in [0.05, 0.1) is 0 Å². The summed E-state index contributed by atoms with van der Waals surface area (Å²) in [4.78, 5) is 10.4. The largest absolute Gasteiger partial charge is 0.481 e. The minimum atomic E-state index is -0.651. The molecule has 0 saturated carbocycles. The normalized spacial score (nSPS) is 11.5. The van der Waals surface area contributed by atoms with Gasteiger partial charge in [0.25, 0.3) is 0 Å². The highest BCUT2D eigenvalue weighted by molar-refractivity contribution is 5.66. The summed E-state index contributed by atoms with van der Waals surface area (Å²) < 4.78 is 0. The van der Waals surface area contributed by atoms with Crippen molar-refractivity contribution < 1.29 is 9.90 Å². The Balaban J connectivity index is 3.07. The van der Waals surface area contributed by atoms with Crippen LogP contribution in [0.25, 0.3) is 0 Å². The second-order valence-electron chi connectivity index (χ2n) is 9.97. The first-order chi connectivity index (χ1) is 15.8. The zero-order chi connectivity index (χ0) is 23.4. The molecule has 0 atom stereocenters. The second kappa shape index (κ2) is 28.2. The number of carbonyl (C=O) groups is 1. The number of hydrogen-bond acceptors (Lipinski definition) is 1. The summed E-state index contributed by atoms with van der Waals surface area (Å²) in [5.41, 5.74) is 0. The first kappa shape index (κ1) is 31.2. The summed E-state index contributed by atoms with van der Waals surface area (Å²) in [6.07, 6.45) is 39.0. The smallest absolute Gasteiger partial charge is 0.303 e. The van der Waals surface area contributed by atoms with E-state index in [9.17, 15) is 4.79 Å². The fraction of sp³-hybridized carbons (Fsp3) is 0.900. The molecule has 0 bridgehead atoms. The molecular formula is C30H58O2. The van der Waals surface area contributed by atoms with Crippen molar-refractivity contribution in [2.75, 3.05) is 0 Å². The molecule has 0 radical (unpaired) electrons. The van der Waals surface area contributed by atoms with Gasteiger partial charge >= 0.3 is 5.97 Å². The van der Waals surface area contributed by atoms with Crippen LogP contribution >= 0.6 is 0 Å². The standard InChI is InChI=1S/C30H58O2/c1-2-3-4-5-6-7-8-9-10-11-12-13-14-15-16-17-18-19-20-21-22-23-24-25-26-27-28-29-30(31)32/h10-11H,2-9,12-29H2,1H3,(H,31,32). The maximum Gasteiger partial charge on any atom is 0.303 e. The first-order valence-corrected chi connectivity index (χ1v) is 14.6. The fourth-order valence-electron chi connectivity index (χ4n) is 4.47. The zero-order valence-electron chi connectivity index (χ0n) is 21.9. The van der Waals surface area contributed by atoms with Crippen LogP contribution < -0.4 is 0 Å². The summed E-state index contributed by atoms with van der Waals surface area (Å²) in [5.74, 6) is -0.651. The van der Waals surface area contributed by atoms with Gasteiger partial charge in [-0.15, -0.1) is 0 Å². The van der Waals surface area contributed by atoms with Crippen molar-refractivity contribution in [2.45, 2.75) is 174 Å². The molecule has 0 aliphatic carbocycles. The maximum atomic E-state index is 10.4. The molecule has 0 heterocycles. The lowest BCUT2D eigenvalue weighted by molar-refractivity contribution is -0.137. The fourth-order valence-corrected chi connectivity index (χ4v) is 4.47. The van der Waals surface area contributed by atoms with Gasteiger partial charge in [0.2, 0.25) is 0 Å². The van der Waals surface area contributed by atoms with Gasteiger partial charge in [0.1, 0.15) is 0 Å². The number of rotatable bonds is 27. The van der Waals surface area contributed by atoms with Gasteiger partial charge < -0.3 is 5.11 Å². The highest BCUT2D eigenvalue weighted by Gasteiger charge is 1.97. The van der Waals surface area contributed by atoms with Crippen molar-refractivity contribution in [2.24, 2.45) is 0 Å². The van der Waals surface area contributed by atoms with Gasteiger partial charge in [0, 0.05) is 6.42 Å². The van der Waals surface area contributed by atoms with Crippen LogP contribution in [0.4, 0.5) is 0 Å². The maximum absolute atomic E-state index is 10.4. The van der Waals surface area contributed by atoms with Gasteiger partial charge in [-0.2, -0.15) is 0 Å². The van der Waals surface area contributed by atoms with Crippen molar-refractivity contribution in [3.8, 4) is 0 Å². The van der Waals surface area contributed by atoms with E-state index in [2.05, 4.69) is 19.1 Å². The predicted octanol–water partition coefficient (Wildman–Crippen LogP) is 10.8. The molecule has 190 valence electrons. The first-order valence-electron chi connectivity index (χ1n) is 14.6. The topological polar surface area (TPSA) is 37.3 Å². The lowest BCUT2D eigenvalue weighted by atomic mass is 10.0.